The molecular formula is C11H18F3N3OS. The van der Waals surface area contributed by atoms with E-state index in [4.69, 9.17) is 4.74 Å². The Morgan fingerprint density at radius 2 is 2.21 bits per heavy atom. The van der Waals surface area contributed by atoms with Gasteiger partial charge in [0.25, 0.3) is 0 Å². The molecule has 110 valence electrons. The Hall–Kier alpha value is -0.860. The zero-order chi connectivity index (χ0) is 14.3. The molecule has 1 rings (SSSR count). The second-order valence-corrected chi connectivity index (χ2v) is 5.00. The minimum absolute atomic E-state index is 0.281. The highest BCUT2D eigenvalue weighted by molar-refractivity contribution is 7.15. The van der Waals surface area contributed by atoms with Gasteiger partial charge in [0.1, 0.15) is 6.54 Å². The van der Waals surface area contributed by atoms with E-state index in [0.717, 1.165) is 4.88 Å². The standard InChI is InChI=1S/C11H18F3N3OS/c1-3-17(8-11(12,13)14)10-16-7-9(19-10)6-15-4-5-18-2/h7,15H,3-6,8H2,1-2H3. The Morgan fingerprint density at radius 1 is 1.47 bits per heavy atom. The molecule has 0 radical (unpaired) electrons. The summed E-state index contributed by atoms with van der Waals surface area (Å²) in [6, 6.07) is 0. The Balaban J connectivity index is 2.51. The van der Waals surface area contributed by atoms with Gasteiger partial charge in [0.05, 0.1) is 6.61 Å². The Kier molecular flexibility index (Phi) is 6.53. The summed E-state index contributed by atoms with van der Waals surface area (Å²) >= 11 is 1.28. The lowest BCUT2D eigenvalue weighted by molar-refractivity contribution is -0.119. The zero-order valence-corrected chi connectivity index (χ0v) is 11.8. The van der Waals surface area contributed by atoms with Crippen molar-refractivity contribution in [2.24, 2.45) is 0 Å². The van der Waals surface area contributed by atoms with Crippen LogP contribution in [0.3, 0.4) is 0 Å². The number of rotatable bonds is 8. The van der Waals surface area contributed by atoms with Crippen LogP contribution >= 0.6 is 11.3 Å². The number of methoxy groups -OCH3 is 1. The minimum Gasteiger partial charge on any atom is -0.383 e. The van der Waals surface area contributed by atoms with Gasteiger partial charge in [0.2, 0.25) is 0 Å². The van der Waals surface area contributed by atoms with Crippen LogP contribution in [0.25, 0.3) is 0 Å². The lowest BCUT2D eigenvalue weighted by Crippen LogP contribution is -2.33. The molecule has 0 aliphatic heterocycles. The SMILES string of the molecule is CCN(CC(F)(F)F)c1ncc(CNCCOC)s1. The average Bonchev–Trinajstić information content (AvgIpc) is 2.79. The summed E-state index contributed by atoms with van der Waals surface area (Å²) in [6.45, 7) is 2.88. The van der Waals surface area contributed by atoms with E-state index < -0.39 is 12.7 Å². The van der Waals surface area contributed by atoms with Crippen LogP contribution in [0.15, 0.2) is 6.20 Å². The maximum absolute atomic E-state index is 12.4. The predicted molar refractivity (Wildman–Crippen MR) is 69.6 cm³/mol. The van der Waals surface area contributed by atoms with Gasteiger partial charge in [0.15, 0.2) is 5.13 Å². The van der Waals surface area contributed by atoms with Gasteiger partial charge < -0.3 is 15.0 Å². The van der Waals surface area contributed by atoms with Gasteiger partial charge in [-0.2, -0.15) is 13.2 Å². The largest absolute Gasteiger partial charge is 0.406 e. The quantitative estimate of drug-likeness (QED) is 0.747. The summed E-state index contributed by atoms with van der Waals surface area (Å²) in [7, 11) is 1.61. The maximum Gasteiger partial charge on any atom is 0.406 e. The number of hydrogen-bond acceptors (Lipinski definition) is 5. The summed E-state index contributed by atoms with van der Waals surface area (Å²) in [5.41, 5.74) is 0. The van der Waals surface area contributed by atoms with Crippen molar-refractivity contribution in [2.45, 2.75) is 19.6 Å². The van der Waals surface area contributed by atoms with Crippen molar-refractivity contribution in [1.82, 2.24) is 10.3 Å². The Bertz CT molecular complexity index is 370. The smallest absolute Gasteiger partial charge is 0.383 e. The van der Waals surface area contributed by atoms with E-state index in [1.165, 1.54) is 16.2 Å². The molecular weight excluding hydrogens is 279 g/mol. The van der Waals surface area contributed by atoms with Crippen LogP contribution in [0.1, 0.15) is 11.8 Å². The molecule has 1 aromatic rings. The molecule has 0 bridgehead atoms. The van der Waals surface area contributed by atoms with Crippen LogP contribution in [0.2, 0.25) is 0 Å². The molecule has 1 N–H and O–H groups in total. The van der Waals surface area contributed by atoms with Crippen molar-refractivity contribution < 1.29 is 17.9 Å². The number of nitrogens with one attached hydrogen (secondary N) is 1. The first-order valence-corrected chi connectivity index (χ1v) is 6.74. The highest BCUT2D eigenvalue weighted by atomic mass is 32.1. The van der Waals surface area contributed by atoms with Gasteiger partial charge in [-0.3, -0.25) is 0 Å². The third-order valence-electron chi connectivity index (χ3n) is 2.35. The molecule has 0 aliphatic rings. The summed E-state index contributed by atoms with van der Waals surface area (Å²) < 4.78 is 42.0. The number of aromatic nitrogens is 1. The molecule has 8 heteroatoms. The molecule has 0 aromatic carbocycles. The fraction of sp³-hybridized carbons (Fsp3) is 0.727. The molecule has 1 aromatic heterocycles. The molecule has 0 saturated carbocycles. The van der Waals surface area contributed by atoms with Crippen molar-refractivity contribution in [3.05, 3.63) is 11.1 Å². The van der Waals surface area contributed by atoms with Crippen LogP contribution in [-0.2, 0) is 11.3 Å². The molecule has 0 aliphatic carbocycles. The third-order valence-corrected chi connectivity index (χ3v) is 3.40. The summed E-state index contributed by atoms with van der Waals surface area (Å²) in [6.07, 6.45) is -2.60. The fourth-order valence-electron chi connectivity index (χ4n) is 1.44. The summed E-state index contributed by atoms with van der Waals surface area (Å²) in [4.78, 5) is 6.18. The maximum atomic E-state index is 12.4. The zero-order valence-electron chi connectivity index (χ0n) is 11.0. The number of anilines is 1. The number of hydrogen-bond donors (Lipinski definition) is 1. The van der Waals surface area contributed by atoms with Crippen LogP contribution in [0.5, 0.6) is 0 Å². The first-order chi connectivity index (χ1) is 8.96. The predicted octanol–water partition coefficient (Wildman–Crippen LogP) is 2.27. The number of thiazole rings is 1. The van der Waals surface area contributed by atoms with E-state index in [0.29, 0.717) is 24.8 Å². The molecule has 0 unspecified atom stereocenters. The molecule has 19 heavy (non-hydrogen) atoms. The van der Waals surface area contributed by atoms with Crippen molar-refractivity contribution in [1.29, 1.82) is 0 Å². The highest BCUT2D eigenvalue weighted by Gasteiger charge is 2.31. The highest BCUT2D eigenvalue weighted by Crippen LogP contribution is 2.26. The van der Waals surface area contributed by atoms with Crippen molar-refractivity contribution in [3.8, 4) is 0 Å². The molecule has 4 nitrogen and oxygen atoms in total. The molecule has 0 atom stereocenters. The number of alkyl halides is 3. The van der Waals surface area contributed by atoms with Crippen LogP contribution in [-0.4, -0.2) is 44.5 Å². The second kappa shape index (κ2) is 7.66. The van der Waals surface area contributed by atoms with E-state index >= 15 is 0 Å². The monoisotopic (exact) mass is 297 g/mol. The lowest BCUT2D eigenvalue weighted by Gasteiger charge is -2.21. The molecule has 0 amide bonds. The fourth-order valence-corrected chi connectivity index (χ4v) is 2.38. The Morgan fingerprint density at radius 3 is 2.79 bits per heavy atom. The van der Waals surface area contributed by atoms with E-state index in [1.807, 2.05) is 0 Å². The number of ether oxygens (including phenoxy) is 1. The number of nitrogens with zero attached hydrogens (tertiary/aromatic N) is 2. The lowest BCUT2D eigenvalue weighted by atomic mass is 10.5. The van der Waals surface area contributed by atoms with Gasteiger partial charge in [0, 0.05) is 37.8 Å². The van der Waals surface area contributed by atoms with E-state index in [2.05, 4.69) is 10.3 Å². The topological polar surface area (TPSA) is 37.4 Å². The average molecular weight is 297 g/mol. The minimum atomic E-state index is -4.21. The van der Waals surface area contributed by atoms with Crippen molar-refractivity contribution in [2.75, 3.05) is 38.3 Å². The van der Waals surface area contributed by atoms with Gasteiger partial charge in [-0.1, -0.05) is 0 Å². The molecule has 0 saturated heterocycles. The van der Waals surface area contributed by atoms with Gasteiger partial charge in [-0.05, 0) is 6.92 Å². The third kappa shape index (κ3) is 6.22. The van der Waals surface area contributed by atoms with Gasteiger partial charge in [-0.15, -0.1) is 11.3 Å². The second-order valence-electron chi connectivity index (χ2n) is 3.91. The van der Waals surface area contributed by atoms with Gasteiger partial charge in [-0.25, -0.2) is 4.98 Å². The summed E-state index contributed by atoms with van der Waals surface area (Å²) in [5.74, 6) is 0. The first-order valence-electron chi connectivity index (χ1n) is 5.92. The normalized spacial score (nSPS) is 11.8. The summed E-state index contributed by atoms with van der Waals surface area (Å²) in [5, 5.41) is 3.53. The van der Waals surface area contributed by atoms with Crippen molar-refractivity contribution >= 4 is 16.5 Å². The van der Waals surface area contributed by atoms with Crippen LogP contribution in [0.4, 0.5) is 18.3 Å². The van der Waals surface area contributed by atoms with Gasteiger partial charge >= 0.3 is 6.18 Å². The molecule has 1 heterocycles. The molecule has 0 fully saturated rings. The number of halogens is 3. The Labute approximate surface area is 114 Å². The van der Waals surface area contributed by atoms with E-state index in [1.54, 1.807) is 20.2 Å². The first kappa shape index (κ1) is 16.2. The van der Waals surface area contributed by atoms with E-state index in [9.17, 15) is 13.2 Å². The van der Waals surface area contributed by atoms with E-state index in [-0.39, 0.29) is 6.54 Å². The molecule has 0 spiro atoms. The van der Waals surface area contributed by atoms with Crippen LogP contribution < -0.4 is 10.2 Å². The van der Waals surface area contributed by atoms with Crippen LogP contribution in [0, 0.1) is 0 Å². The van der Waals surface area contributed by atoms with Crippen molar-refractivity contribution in [3.63, 3.8) is 0 Å².